The first-order valence-electron chi connectivity index (χ1n) is 22.0. The van der Waals surface area contributed by atoms with Crippen LogP contribution >= 0.6 is 0 Å². The molecule has 0 heterocycles. The van der Waals surface area contributed by atoms with E-state index >= 15 is 0 Å². The van der Waals surface area contributed by atoms with E-state index in [1.54, 1.807) is 58.0 Å². The van der Waals surface area contributed by atoms with Gasteiger partial charge in [0.25, 0.3) is 11.8 Å². The average molecular weight is 1000 g/mol. The van der Waals surface area contributed by atoms with Crippen molar-refractivity contribution in [2.45, 2.75) is 115 Å². The topological polar surface area (TPSA) is 436 Å². The number of hydrogen-bond acceptors (Lipinski definition) is 14. The Kier molecular flexibility index (Phi) is 23.2. The molecule has 2 rings (SSSR count). The summed E-state index contributed by atoms with van der Waals surface area (Å²) in [5.74, 6) is -15.9. The zero-order chi connectivity index (χ0) is 53.9. The van der Waals surface area contributed by atoms with Gasteiger partial charge in [0, 0.05) is 18.5 Å². The third kappa shape index (κ3) is 19.9. The number of nitrogens with one attached hydrogen (secondary N) is 7. The smallest absolute Gasteiger partial charge is 0.335 e. The second-order valence-electron chi connectivity index (χ2n) is 17.1. The molecule has 0 aromatic heterocycles. The molecule has 8 atom stereocenters. The molecule has 0 saturated heterocycles. The highest BCUT2D eigenvalue weighted by molar-refractivity contribution is 6.02. The number of aliphatic hydroxyl groups excluding tert-OH is 1. The summed E-state index contributed by atoms with van der Waals surface area (Å²) in [5.41, 5.74) is 5.16. The van der Waals surface area contributed by atoms with Crippen molar-refractivity contribution in [3.8, 4) is 0 Å². The molecule has 0 spiro atoms. The van der Waals surface area contributed by atoms with Crippen LogP contribution in [0.4, 0.5) is 0 Å². The van der Waals surface area contributed by atoms with Crippen molar-refractivity contribution >= 4 is 71.2 Å². The van der Waals surface area contributed by atoms with E-state index in [-0.39, 0.29) is 24.3 Å². The normalized spacial score (nSPS) is 14.4. The number of nitrogens with two attached hydrogens (primary N) is 1. The molecule has 388 valence electrons. The van der Waals surface area contributed by atoms with Crippen LogP contribution in [0.5, 0.6) is 0 Å². The van der Waals surface area contributed by atoms with E-state index in [9.17, 15) is 83.1 Å². The van der Waals surface area contributed by atoms with Gasteiger partial charge in [-0.25, -0.2) is 14.4 Å². The van der Waals surface area contributed by atoms with Crippen molar-refractivity contribution in [2.24, 2.45) is 17.6 Å². The Morgan fingerprint density at radius 3 is 1.62 bits per heavy atom. The van der Waals surface area contributed by atoms with Gasteiger partial charge in [-0.2, -0.15) is 0 Å². The van der Waals surface area contributed by atoms with Gasteiger partial charge in [-0.3, -0.25) is 43.2 Å². The maximum Gasteiger partial charge on any atom is 0.335 e. The number of aromatic carboxylic acids is 2. The lowest BCUT2D eigenvalue weighted by atomic mass is 9.97. The van der Waals surface area contributed by atoms with E-state index in [1.165, 1.54) is 0 Å². The van der Waals surface area contributed by atoms with Crippen LogP contribution in [0, 0.1) is 11.8 Å². The zero-order valence-corrected chi connectivity index (χ0v) is 39.3. The van der Waals surface area contributed by atoms with Gasteiger partial charge in [-0.15, -0.1) is 0 Å². The molecule has 7 amide bonds. The highest BCUT2D eigenvalue weighted by Crippen LogP contribution is 2.14. The molecule has 0 saturated carbocycles. The molecular weight excluding hydrogens is 941 g/mol. The SMILES string of the molecule is CC(C)C[C@H](NC(=O)[C@@H](NC(=O)[C@@H](N)CNC(=O)c1cc(C(=O)O)cc(C(=O)O)c1)C(C)C)C(=O)N[C@@H](Cc1ccccc1)[C@@H](O)C(=O)N[C@@H](CC(=O)O)C(=O)N[C@@H](C)C(=O)N[C@@H](CCC(=O)O)C(=O)O. The third-order valence-electron chi connectivity index (χ3n) is 10.4. The number of carboxylic acid groups (broad SMARTS) is 5. The fourth-order valence-corrected chi connectivity index (χ4v) is 6.58. The lowest BCUT2D eigenvalue weighted by Gasteiger charge is -2.30. The molecule has 0 fully saturated rings. The van der Waals surface area contributed by atoms with Crippen LogP contribution in [0.3, 0.4) is 0 Å². The van der Waals surface area contributed by atoms with Crippen molar-refractivity contribution in [3.05, 3.63) is 70.8 Å². The van der Waals surface area contributed by atoms with Crippen LogP contribution in [0.2, 0.25) is 0 Å². The molecule has 0 aliphatic carbocycles. The zero-order valence-electron chi connectivity index (χ0n) is 39.3. The van der Waals surface area contributed by atoms with E-state index < -0.39 is 162 Å². The number of aliphatic carboxylic acids is 3. The molecule has 2 aromatic carbocycles. The fourth-order valence-electron chi connectivity index (χ4n) is 6.58. The summed E-state index contributed by atoms with van der Waals surface area (Å²) in [4.78, 5) is 151. The Hall–Kier alpha value is -8.00. The molecule has 26 heteroatoms. The van der Waals surface area contributed by atoms with Gasteiger partial charge >= 0.3 is 29.8 Å². The predicted molar refractivity (Wildman–Crippen MR) is 245 cm³/mol. The summed E-state index contributed by atoms with van der Waals surface area (Å²) in [5, 5.41) is 74.1. The lowest BCUT2D eigenvalue weighted by molar-refractivity contribution is -0.144. The minimum Gasteiger partial charge on any atom is -0.481 e. The number of aliphatic hydroxyl groups is 1. The van der Waals surface area contributed by atoms with E-state index in [0.717, 1.165) is 25.1 Å². The van der Waals surface area contributed by atoms with Crippen LogP contribution in [0.1, 0.15) is 96.9 Å². The van der Waals surface area contributed by atoms with E-state index in [0.29, 0.717) is 5.56 Å². The second kappa shape index (κ2) is 27.9. The largest absolute Gasteiger partial charge is 0.481 e. The van der Waals surface area contributed by atoms with E-state index in [1.807, 2.05) is 0 Å². The number of amides is 7. The lowest BCUT2D eigenvalue weighted by Crippen LogP contribution is -2.61. The first-order chi connectivity index (χ1) is 33.1. The number of carboxylic acids is 5. The summed E-state index contributed by atoms with van der Waals surface area (Å²) in [6.07, 6.45) is -4.70. The van der Waals surface area contributed by atoms with Gasteiger partial charge in [-0.1, -0.05) is 58.0 Å². The number of benzene rings is 2. The van der Waals surface area contributed by atoms with Crippen molar-refractivity contribution < 1.29 is 88.2 Å². The molecule has 26 nitrogen and oxygen atoms in total. The second-order valence-corrected chi connectivity index (χ2v) is 17.1. The van der Waals surface area contributed by atoms with Crippen LogP contribution in [0.25, 0.3) is 0 Å². The fraction of sp³-hybridized carbons (Fsp3) is 0.467. The van der Waals surface area contributed by atoms with Gasteiger partial charge in [0.15, 0.2) is 6.10 Å². The summed E-state index contributed by atoms with van der Waals surface area (Å²) < 4.78 is 0. The van der Waals surface area contributed by atoms with Crippen LogP contribution < -0.4 is 43.0 Å². The molecule has 0 unspecified atom stereocenters. The van der Waals surface area contributed by atoms with E-state index in [4.69, 9.17) is 10.8 Å². The predicted octanol–water partition coefficient (Wildman–Crippen LogP) is -2.20. The highest BCUT2D eigenvalue weighted by Gasteiger charge is 2.36. The minimum atomic E-state index is -2.21. The Morgan fingerprint density at radius 1 is 0.577 bits per heavy atom. The van der Waals surface area contributed by atoms with E-state index in [2.05, 4.69) is 37.2 Å². The van der Waals surface area contributed by atoms with Gasteiger partial charge in [0.05, 0.1) is 23.6 Å². The quantitative estimate of drug-likeness (QED) is 0.0411. The summed E-state index contributed by atoms with van der Waals surface area (Å²) in [6.45, 7) is 7.09. The van der Waals surface area contributed by atoms with Crippen LogP contribution in [-0.2, 0) is 49.6 Å². The van der Waals surface area contributed by atoms with Gasteiger partial charge in [0.2, 0.25) is 29.5 Å². The summed E-state index contributed by atoms with van der Waals surface area (Å²) in [6, 6.07) is -0.151. The van der Waals surface area contributed by atoms with Crippen molar-refractivity contribution in [3.63, 3.8) is 0 Å². The molecular formula is C45H60N8O18. The van der Waals surface area contributed by atoms with Crippen LogP contribution in [0.15, 0.2) is 48.5 Å². The van der Waals surface area contributed by atoms with Crippen LogP contribution in [-0.4, -0.2) is 157 Å². The maximum atomic E-state index is 14.1. The maximum absolute atomic E-state index is 14.1. The number of carbonyl (C=O) groups excluding carboxylic acids is 7. The summed E-state index contributed by atoms with van der Waals surface area (Å²) in [7, 11) is 0. The Balaban J connectivity index is 2.29. The van der Waals surface area contributed by atoms with Crippen molar-refractivity contribution in [1.29, 1.82) is 0 Å². The molecule has 0 aliphatic rings. The van der Waals surface area contributed by atoms with Crippen molar-refractivity contribution in [2.75, 3.05) is 6.54 Å². The number of carbonyl (C=O) groups is 12. The Morgan fingerprint density at radius 2 is 1.11 bits per heavy atom. The third-order valence-corrected chi connectivity index (χ3v) is 10.4. The molecule has 0 aliphatic heterocycles. The Bertz CT molecular complexity index is 2280. The first-order valence-corrected chi connectivity index (χ1v) is 22.0. The molecule has 0 radical (unpaired) electrons. The summed E-state index contributed by atoms with van der Waals surface area (Å²) >= 11 is 0. The number of rotatable bonds is 29. The first kappa shape index (κ1) is 59.1. The van der Waals surface area contributed by atoms with Gasteiger partial charge in [0.1, 0.15) is 36.3 Å². The standard InChI is InChI=1S/C45H60N8O18/c1-20(2)13-30(51-41(64)34(21(3)4)53-38(61)27(46)19-47-37(60)24-15-25(43(66)67)17-26(16-24)44(68)69)40(63)50-29(14-23-9-7-6-8-10-23)35(58)42(65)52-31(18-33(56)57)39(62)48-22(5)36(59)49-28(45(70)71)11-12-32(54)55/h6-10,15-17,20-22,27-31,34-35,58H,11-14,18-19,46H2,1-5H3,(H,47,60)(H,48,62)(H,49,59)(H,50,63)(H,51,64)(H,52,65)(H,53,61)(H,54,55)(H,56,57)(H,66,67)(H,68,69)(H,70,71)/t22-,27-,28-,29-,30-,31-,34-,35+/m0/s1. The average Bonchev–Trinajstić information content (AvgIpc) is 3.29. The Labute approximate surface area is 405 Å². The number of hydrogen-bond donors (Lipinski definition) is 14. The highest BCUT2D eigenvalue weighted by atomic mass is 16.4. The minimum absolute atomic E-state index is 0.0334. The van der Waals surface area contributed by atoms with Gasteiger partial charge < -0.3 is 73.6 Å². The molecule has 71 heavy (non-hydrogen) atoms. The van der Waals surface area contributed by atoms with Gasteiger partial charge in [-0.05, 0) is 61.8 Å². The monoisotopic (exact) mass is 1000 g/mol. The molecule has 0 bridgehead atoms. The molecule has 15 N–H and O–H groups in total. The van der Waals surface area contributed by atoms with Crippen molar-refractivity contribution in [1.82, 2.24) is 37.2 Å². The molecule has 2 aromatic rings.